The molecule has 7 nitrogen and oxygen atoms in total. The lowest BCUT2D eigenvalue weighted by molar-refractivity contribution is -0.0535. The van der Waals surface area contributed by atoms with E-state index in [0.717, 1.165) is 29.6 Å². The van der Waals surface area contributed by atoms with Gasteiger partial charge in [-0.3, -0.25) is 9.69 Å². The maximum Gasteiger partial charge on any atom is 0.284 e. The normalized spacial score (nSPS) is 25.1. The van der Waals surface area contributed by atoms with Gasteiger partial charge >= 0.3 is 0 Å². The van der Waals surface area contributed by atoms with Gasteiger partial charge in [0.1, 0.15) is 17.7 Å². The second-order valence-electron chi connectivity index (χ2n) is 7.32. The molecule has 1 amide bonds. The van der Waals surface area contributed by atoms with Crippen molar-refractivity contribution in [3.05, 3.63) is 52.6 Å². The minimum atomic E-state index is -0.680. The molecule has 3 atom stereocenters. The van der Waals surface area contributed by atoms with Crippen LogP contribution in [-0.2, 0) is 24.4 Å². The number of primary amides is 1. The predicted octanol–water partition coefficient (Wildman–Crippen LogP) is 1.45. The number of aromatic nitrogens is 2. The molecule has 0 radical (unpaired) electrons. The lowest BCUT2D eigenvalue weighted by atomic mass is 9.93. The highest BCUT2D eigenvalue weighted by Gasteiger charge is 2.38. The van der Waals surface area contributed by atoms with Crippen LogP contribution in [0, 0.1) is 11.6 Å². The van der Waals surface area contributed by atoms with E-state index in [4.69, 9.17) is 16.2 Å². The number of amides is 1. The summed E-state index contributed by atoms with van der Waals surface area (Å²) in [7, 11) is 0. The van der Waals surface area contributed by atoms with Crippen LogP contribution in [0.5, 0.6) is 0 Å². The minimum absolute atomic E-state index is 0.0272. The first kappa shape index (κ1) is 19.0. The second-order valence-corrected chi connectivity index (χ2v) is 7.32. The van der Waals surface area contributed by atoms with Crippen molar-refractivity contribution in [1.82, 2.24) is 14.5 Å². The van der Waals surface area contributed by atoms with Crippen molar-refractivity contribution in [1.29, 1.82) is 0 Å². The first-order valence-electron chi connectivity index (χ1n) is 9.33. The van der Waals surface area contributed by atoms with Crippen LogP contribution in [0.3, 0.4) is 0 Å². The molecule has 0 saturated carbocycles. The number of hydrogen-bond acceptors (Lipinski definition) is 5. The van der Waals surface area contributed by atoms with Gasteiger partial charge in [0.25, 0.3) is 5.91 Å². The quantitative estimate of drug-likeness (QED) is 0.822. The summed E-state index contributed by atoms with van der Waals surface area (Å²) in [6, 6.07) is 2.88. The Bertz CT molecular complexity index is 916. The Balaban J connectivity index is 1.47. The monoisotopic (exact) mass is 391 g/mol. The zero-order valence-corrected chi connectivity index (χ0v) is 15.6. The number of carbonyl (C=O) groups is 1. The van der Waals surface area contributed by atoms with E-state index < -0.39 is 29.7 Å². The maximum atomic E-state index is 14.1. The summed E-state index contributed by atoms with van der Waals surface area (Å²) in [5.74, 6) is -1.29. The molecule has 4 N–H and O–H groups in total. The lowest BCUT2D eigenvalue weighted by Crippen LogP contribution is -2.48. The largest absolute Gasteiger partial charge is 0.370 e. The predicted molar refractivity (Wildman–Crippen MR) is 97.1 cm³/mol. The van der Waals surface area contributed by atoms with Gasteiger partial charge < -0.3 is 20.8 Å². The Hall–Kier alpha value is -2.36. The van der Waals surface area contributed by atoms with Gasteiger partial charge in [-0.2, -0.15) is 0 Å². The Kier molecular flexibility index (Phi) is 4.90. The summed E-state index contributed by atoms with van der Waals surface area (Å²) in [5.41, 5.74) is 13.6. The molecule has 9 heteroatoms. The third-order valence-electron chi connectivity index (χ3n) is 5.58. The average molecular weight is 391 g/mol. The summed E-state index contributed by atoms with van der Waals surface area (Å²) < 4.78 is 35.3. The van der Waals surface area contributed by atoms with Crippen molar-refractivity contribution in [2.75, 3.05) is 6.61 Å². The van der Waals surface area contributed by atoms with Crippen LogP contribution in [-0.4, -0.2) is 39.0 Å². The smallest absolute Gasteiger partial charge is 0.284 e. The SMILES string of the molecule is CCn1c(C(N)=O)nc2c1CN([C@H]1CO[C@H](c3cc(F)ccc3F)[C@@H](N)C1)C2. The Morgan fingerprint density at radius 3 is 2.82 bits per heavy atom. The molecule has 3 heterocycles. The number of hydrogen-bond donors (Lipinski definition) is 2. The zero-order chi connectivity index (χ0) is 20.0. The van der Waals surface area contributed by atoms with Crippen molar-refractivity contribution in [3.63, 3.8) is 0 Å². The standard InChI is InChI=1S/C19H23F2N5O2/c1-2-26-16-8-25(7-15(16)24-19(26)18(23)27)11-6-14(22)17(28-9-11)12-5-10(20)3-4-13(12)21/h3-5,11,14,17H,2,6-9,22H2,1H3,(H2,23,27)/t11-,14+,17-/m1/s1. The van der Waals surface area contributed by atoms with E-state index in [1.165, 1.54) is 0 Å². The van der Waals surface area contributed by atoms with Gasteiger partial charge in [-0.1, -0.05) is 0 Å². The Labute approximate surface area is 161 Å². The summed E-state index contributed by atoms with van der Waals surface area (Å²) in [6.07, 6.45) is -0.0966. The van der Waals surface area contributed by atoms with Crippen LogP contribution in [0.2, 0.25) is 0 Å². The van der Waals surface area contributed by atoms with Gasteiger partial charge in [-0.25, -0.2) is 13.8 Å². The van der Waals surface area contributed by atoms with Crippen LogP contribution >= 0.6 is 0 Å². The van der Waals surface area contributed by atoms with Gasteiger partial charge in [-0.15, -0.1) is 0 Å². The van der Waals surface area contributed by atoms with Crippen molar-refractivity contribution >= 4 is 5.91 Å². The van der Waals surface area contributed by atoms with Crippen molar-refractivity contribution < 1.29 is 18.3 Å². The number of fused-ring (bicyclic) bond motifs is 1. The van der Waals surface area contributed by atoms with Crippen molar-refractivity contribution in [2.24, 2.45) is 11.5 Å². The van der Waals surface area contributed by atoms with E-state index in [1.807, 2.05) is 11.5 Å². The van der Waals surface area contributed by atoms with Crippen molar-refractivity contribution in [2.45, 2.75) is 51.2 Å². The number of nitrogens with zero attached hydrogens (tertiary/aromatic N) is 3. The molecule has 0 unspecified atom stereocenters. The molecule has 1 fully saturated rings. The fourth-order valence-electron chi connectivity index (χ4n) is 4.22. The highest BCUT2D eigenvalue weighted by atomic mass is 19.1. The van der Waals surface area contributed by atoms with Crippen molar-refractivity contribution in [3.8, 4) is 0 Å². The Morgan fingerprint density at radius 2 is 2.14 bits per heavy atom. The molecular weight excluding hydrogens is 368 g/mol. The zero-order valence-electron chi connectivity index (χ0n) is 15.6. The first-order valence-corrected chi connectivity index (χ1v) is 9.33. The Morgan fingerprint density at radius 1 is 1.36 bits per heavy atom. The van der Waals surface area contributed by atoms with Crippen LogP contribution < -0.4 is 11.5 Å². The molecule has 1 aromatic heterocycles. The number of ether oxygens (including phenoxy) is 1. The summed E-state index contributed by atoms with van der Waals surface area (Å²) in [4.78, 5) is 18.1. The molecular formula is C19H23F2N5O2. The second kappa shape index (κ2) is 7.23. The van der Waals surface area contributed by atoms with Gasteiger partial charge in [0.2, 0.25) is 0 Å². The molecule has 1 aromatic carbocycles. The molecule has 0 aliphatic carbocycles. The fourth-order valence-corrected chi connectivity index (χ4v) is 4.22. The third-order valence-corrected chi connectivity index (χ3v) is 5.58. The summed E-state index contributed by atoms with van der Waals surface area (Å²) in [6.45, 7) is 4.09. The van der Waals surface area contributed by atoms with Crippen LogP contribution in [0.1, 0.15) is 47.0 Å². The highest BCUT2D eigenvalue weighted by Crippen LogP contribution is 2.34. The molecule has 2 aliphatic rings. The maximum absolute atomic E-state index is 14.1. The van der Waals surface area contributed by atoms with Crippen LogP contribution in [0.25, 0.3) is 0 Å². The molecule has 0 bridgehead atoms. The fraction of sp³-hybridized carbons (Fsp3) is 0.474. The van der Waals surface area contributed by atoms with E-state index >= 15 is 0 Å². The molecule has 28 heavy (non-hydrogen) atoms. The summed E-state index contributed by atoms with van der Waals surface area (Å²) in [5, 5.41) is 0. The van der Waals surface area contributed by atoms with E-state index in [1.54, 1.807) is 0 Å². The lowest BCUT2D eigenvalue weighted by Gasteiger charge is -2.38. The van der Waals surface area contributed by atoms with E-state index in [9.17, 15) is 13.6 Å². The van der Waals surface area contributed by atoms with Gasteiger partial charge in [0.05, 0.1) is 18.0 Å². The molecule has 1 saturated heterocycles. The van der Waals surface area contributed by atoms with Gasteiger partial charge in [0.15, 0.2) is 5.82 Å². The number of rotatable bonds is 4. The topological polar surface area (TPSA) is 99.4 Å². The number of imidazole rings is 1. The molecule has 4 rings (SSSR count). The number of carbonyl (C=O) groups excluding carboxylic acids is 1. The number of benzene rings is 1. The number of halogens is 2. The van der Waals surface area contributed by atoms with Gasteiger partial charge in [0, 0.05) is 37.3 Å². The van der Waals surface area contributed by atoms with E-state index in [-0.39, 0.29) is 17.4 Å². The first-order chi connectivity index (χ1) is 13.4. The van der Waals surface area contributed by atoms with Crippen LogP contribution in [0.4, 0.5) is 8.78 Å². The number of nitrogens with two attached hydrogens (primary N) is 2. The molecule has 2 aromatic rings. The molecule has 150 valence electrons. The molecule has 0 spiro atoms. The minimum Gasteiger partial charge on any atom is -0.370 e. The van der Waals surface area contributed by atoms with Crippen LogP contribution in [0.15, 0.2) is 18.2 Å². The summed E-state index contributed by atoms with van der Waals surface area (Å²) >= 11 is 0. The molecule has 2 aliphatic heterocycles. The third kappa shape index (κ3) is 3.19. The van der Waals surface area contributed by atoms with E-state index in [0.29, 0.717) is 32.7 Å². The highest BCUT2D eigenvalue weighted by molar-refractivity contribution is 5.89. The van der Waals surface area contributed by atoms with E-state index in [2.05, 4.69) is 9.88 Å². The van der Waals surface area contributed by atoms with Gasteiger partial charge in [-0.05, 0) is 31.5 Å². The average Bonchev–Trinajstić information content (AvgIpc) is 3.21.